The molecule has 0 aliphatic heterocycles. The normalized spacial score (nSPS) is 12.2. The van der Waals surface area contributed by atoms with Gasteiger partial charge < -0.3 is 8.85 Å². The molecule has 7 nitrogen and oxygen atoms in total. The van der Waals surface area contributed by atoms with Gasteiger partial charge in [0.05, 0.1) is 0 Å². The minimum Gasteiger partial charge on any atom is -0.428 e. The van der Waals surface area contributed by atoms with Gasteiger partial charge in [-0.15, -0.1) is 0 Å². The molecule has 0 spiro atoms. The van der Waals surface area contributed by atoms with Crippen molar-refractivity contribution in [3.63, 3.8) is 0 Å². The first-order chi connectivity index (χ1) is 21.2. The van der Waals surface area contributed by atoms with Gasteiger partial charge in [0.1, 0.15) is 11.1 Å². The number of hydrogen-bond acceptors (Lipinski definition) is 7. The molecule has 260 valence electrons. The standard InChI is InChI=1S/C36H72N2O5Si/c1-9-17-25-35(26-18-10-2,37(29-21-13-5)30-22-14-6)33(39)42-44(41)43-34(40)36(27-19-11-3,28-20-12-4)38(31-23-15-7)32-24-16-8/h9-32H2,1-8H3. The number of hydrogen-bond donors (Lipinski definition) is 0. The molecule has 0 heterocycles. The molecule has 0 aromatic heterocycles. The Morgan fingerprint density at radius 2 is 0.682 bits per heavy atom. The van der Waals surface area contributed by atoms with E-state index in [1.54, 1.807) is 0 Å². The molecule has 0 N–H and O–H groups in total. The summed E-state index contributed by atoms with van der Waals surface area (Å²) in [6, 6.07) is 0. The van der Waals surface area contributed by atoms with E-state index in [1.807, 2.05) is 0 Å². The lowest BCUT2D eigenvalue weighted by molar-refractivity contribution is -0.158. The minimum atomic E-state index is -3.40. The van der Waals surface area contributed by atoms with Crippen molar-refractivity contribution >= 4 is 21.1 Å². The number of unbranched alkanes of at least 4 members (excludes halogenated alkanes) is 8. The Bertz CT molecular complexity index is 671. The highest BCUT2D eigenvalue weighted by atomic mass is 28.3. The van der Waals surface area contributed by atoms with Crippen molar-refractivity contribution in [2.75, 3.05) is 26.2 Å². The maximum absolute atomic E-state index is 14.2. The first kappa shape index (κ1) is 42.9. The molecule has 0 aromatic carbocycles. The van der Waals surface area contributed by atoms with Crippen LogP contribution in [0.2, 0.25) is 0 Å². The van der Waals surface area contributed by atoms with Gasteiger partial charge >= 0.3 is 21.1 Å². The molecule has 0 saturated heterocycles. The molecule has 0 radical (unpaired) electrons. The third-order valence-electron chi connectivity index (χ3n) is 9.22. The van der Waals surface area contributed by atoms with Crippen LogP contribution >= 0.6 is 0 Å². The molecule has 0 aliphatic rings. The van der Waals surface area contributed by atoms with Gasteiger partial charge in [-0.05, 0) is 77.5 Å². The van der Waals surface area contributed by atoms with E-state index in [4.69, 9.17) is 8.85 Å². The number of carbonyl (C=O) groups excluding carboxylic acids is 2. The van der Waals surface area contributed by atoms with Crippen molar-refractivity contribution in [3.8, 4) is 0 Å². The summed E-state index contributed by atoms with van der Waals surface area (Å²) in [5.41, 5.74) is -1.70. The Hall–Kier alpha value is -1.12. The van der Waals surface area contributed by atoms with Crippen molar-refractivity contribution in [2.24, 2.45) is 0 Å². The Morgan fingerprint density at radius 3 is 0.886 bits per heavy atom. The van der Waals surface area contributed by atoms with E-state index in [0.29, 0.717) is 25.7 Å². The summed E-state index contributed by atoms with van der Waals surface area (Å²) >= 11 is 0. The highest BCUT2D eigenvalue weighted by Gasteiger charge is 2.48. The zero-order chi connectivity index (χ0) is 33.3. The SMILES string of the molecule is CCCCN(CCCC)C(CCCC)(CCCC)C(=O)O[Si](=O)OC(=O)C(CCCC)(CCCC)N(CCCC)CCCC. The van der Waals surface area contributed by atoms with Gasteiger partial charge in [0, 0.05) is 0 Å². The van der Waals surface area contributed by atoms with Gasteiger partial charge in [-0.25, -0.2) is 0 Å². The summed E-state index contributed by atoms with van der Waals surface area (Å²) in [4.78, 5) is 33.0. The maximum atomic E-state index is 14.2. The average Bonchev–Trinajstić information content (AvgIpc) is 3.02. The van der Waals surface area contributed by atoms with Gasteiger partial charge in [0.15, 0.2) is 0 Å². The molecule has 0 aliphatic carbocycles. The van der Waals surface area contributed by atoms with E-state index < -0.39 is 32.2 Å². The predicted molar refractivity (Wildman–Crippen MR) is 185 cm³/mol. The summed E-state index contributed by atoms with van der Waals surface area (Å²) in [7, 11) is -3.40. The molecule has 44 heavy (non-hydrogen) atoms. The smallest absolute Gasteiger partial charge is 0.428 e. The Balaban J connectivity index is 6.47. The lowest BCUT2D eigenvalue weighted by Gasteiger charge is -2.43. The van der Waals surface area contributed by atoms with Crippen LogP contribution in [0.25, 0.3) is 0 Å². The highest BCUT2D eigenvalue weighted by molar-refractivity contribution is 6.33. The molecule has 0 rings (SSSR count). The first-order valence-corrected chi connectivity index (χ1v) is 19.9. The molecule has 0 aromatic rings. The number of nitrogens with zero attached hydrogens (tertiary/aromatic N) is 2. The van der Waals surface area contributed by atoms with E-state index in [0.717, 1.165) is 129 Å². The van der Waals surface area contributed by atoms with Gasteiger partial charge in [0.25, 0.3) is 0 Å². The second-order valence-electron chi connectivity index (χ2n) is 12.9. The summed E-state index contributed by atoms with van der Waals surface area (Å²) in [5.74, 6) is -0.935. The highest BCUT2D eigenvalue weighted by Crippen LogP contribution is 2.34. The topological polar surface area (TPSA) is 76.1 Å². The molecular weight excluding hydrogens is 568 g/mol. The number of carbonyl (C=O) groups is 2. The quantitative estimate of drug-likeness (QED) is 0.0724. The predicted octanol–water partition coefficient (Wildman–Crippen LogP) is 9.53. The van der Waals surface area contributed by atoms with Gasteiger partial charge in [-0.3, -0.25) is 23.9 Å². The molecule has 0 bridgehead atoms. The monoisotopic (exact) mass is 641 g/mol. The van der Waals surface area contributed by atoms with Crippen molar-refractivity contribution in [1.82, 2.24) is 9.80 Å². The minimum absolute atomic E-state index is 0.468. The van der Waals surface area contributed by atoms with Crippen LogP contribution in [-0.4, -0.2) is 68.2 Å². The van der Waals surface area contributed by atoms with Gasteiger partial charge in [0.2, 0.25) is 0 Å². The lowest BCUT2D eigenvalue weighted by Crippen LogP contribution is -2.58. The fourth-order valence-electron chi connectivity index (χ4n) is 6.26. The van der Waals surface area contributed by atoms with Crippen LogP contribution in [-0.2, 0) is 22.9 Å². The van der Waals surface area contributed by atoms with E-state index in [2.05, 4.69) is 65.2 Å². The molecule has 0 atom stereocenters. The zero-order valence-corrected chi connectivity index (χ0v) is 31.4. The second-order valence-corrected chi connectivity index (χ2v) is 13.8. The average molecular weight is 641 g/mol. The van der Waals surface area contributed by atoms with Crippen molar-refractivity contribution in [1.29, 1.82) is 0 Å². The summed E-state index contributed by atoms with van der Waals surface area (Å²) in [5, 5.41) is 0. The van der Waals surface area contributed by atoms with Crippen molar-refractivity contribution in [3.05, 3.63) is 0 Å². The van der Waals surface area contributed by atoms with Crippen LogP contribution in [0.1, 0.15) is 184 Å². The van der Waals surface area contributed by atoms with E-state index in [-0.39, 0.29) is 0 Å². The van der Waals surface area contributed by atoms with Crippen LogP contribution in [0.4, 0.5) is 0 Å². The van der Waals surface area contributed by atoms with Gasteiger partial charge in [-0.1, -0.05) is 132 Å². The maximum Gasteiger partial charge on any atom is 0.782 e. The van der Waals surface area contributed by atoms with Crippen molar-refractivity contribution < 1.29 is 22.9 Å². The van der Waals surface area contributed by atoms with E-state index in [1.165, 1.54) is 0 Å². The van der Waals surface area contributed by atoms with Crippen LogP contribution in [0, 0.1) is 0 Å². The van der Waals surface area contributed by atoms with Crippen LogP contribution in [0.5, 0.6) is 0 Å². The van der Waals surface area contributed by atoms with Crippen LogP contribution in [0.15, 0.2) is 0 Å². The fourth-order valence-corrected chi connectivity index (χ4v) is 6.99. The molecule has 0 amide bonds. The van der Waals surface area contributed by atoms with E-state index >= 15 is 0 Å². The first-order valence-electron chi connectivity index (χ1n) is 18.7. The molecule has 0 fully saturated rings. The number of rotatable bonds is 30. The van der Waals surface area contributed by atoms with Gasteiger partial charge in [-0.2, -0.15) is 0 Å². The zero-order valence-electron chi connectivity index (χ0n) is 30.4. The second kappa shape index (κ2) is 26.0. The van der Waals surface area contributed by atoms with Crippen LogP contribution < -0.4 is 0 Å². The Labute approximate surface area is 274 Å². The molecule has 0 saturated carbocycles. The molecular formula is C36H72N2O5Si. The Kier molecular flexibility index (Phi) is 25.3. The van der Waals surface area contributed by atoms with Crippen molar-refractivity contribution in [2.45, 2.75) is 195 Å². The fraction of sp³-hybridized carbons (Fsp3) is 0.944. The van der Waals surface area contributed by atoms with E-state index in [9.17, 15) is 14.1 Å². The third kappa shape index (κ3) is 14.5. The Morgan fingerprint density at radius 1 is 0.455 bits per heavy atom. The summed E-state index contributed by atoms with van der Waals surface area (Å²) < 4.78 is 25.2. The third-order valence-corrected chi connectivity index (χ3v) is 9.93. The summed E-state index contributed by atoms with van der Waals surface area (Å²) in [6.45, 7) is 20.4. The largest absolute Gasteiger partial charge is 0.782 e. The molecule has 8 heteroatoms. The lowest BCUT2D eigenvalue weighted by atomic mass is 9.84. The van der Waals surface area contributed by atoms with Crippen LogP contribution in [0.3, 0.4) is 0 Å². The molecule has 0 unspecified atom stereocenters. The summed E-state index contributed by atoms with van der Waals surface area (Å²) in [6.07, 6.45) is 18.1.